The minimum Gasteiger partial charge on any atom is -0.366 e. The Hall–Kier alpha value is -1.56. The van der Waals surface area contributed by atoms with Gasteiger partial charge in [0.05, 0.1) is 5.25 Å². The number of hydrogen-bond acceptors (Lipinski definition) is 7. The largest absolute Gasteiger partial charge is 1.00 e. The Kier molecular flexibility index (Phi) is 9.52. The van der Waals surface area contributed by atoms with Crippen LogP contribution in [0.5, 0.6) is 0 Å². The molecular weight excluding hydrogens is 549 g/mol. The monoisotopic (exact) mass is 570 g/mol. The first-order valence-corrected chi connectivity index (χ1v) is 14.5. The average molecular weight is 571 g/mol. The van der Waals surface area contributed by atoms with Crippen LogP contribution in [0.2, 0.25) is 0 Å². The molecule has 0 amide bonds. The van der Waals surface area contributed by atoms with Crippen molar-refractivity contribution in [2.24, 2.45) is 0 Å². The van der Waals surface area contributed by atoms with E-state index in [1.165, 1.54) is 36.4 Å². The molecule has 16 heteroatoms. The van der Waals surface area contributed by atoms with E-state index in [2.05, 4.69) is 15.4 Å². The van der Waals surface area contributed by atoms with Gasteiger partial charge in [-0.1, -0.05) is 24.3 Å². The fourth-order valence-electron chi connectivity index (χ4n) is 2.93. The van der Waals surface area contributed by atoms with Gasteiger partial charge >= 0.3 is 29.6 Å². The molecule has 2 aromatic rings. The molecule has 1 aliphatic carbocycles. The van der Waals surface area contributed by atoms with Crippen LogP contribution in [0.15, 0.2) is 46.2 Å². The van der Waals surface area contributed by atoms with Crippen LogP contribution in [-0.4, -0.2) is 51.8 Å². The molecule has 184 valence electrons. The Bertz CT molecular complexity index is 1490. The number of rotatable bonds is 8. The van der Waals surface area contributed by atoms with Crippen molar-refractivity contribution in [2.75, 3.05) is 17.1 Å². The van der Waals surface area contributed by atoms with Gasteiger partial charge in [-0.15, -0.1) is 0 Å². The Balaban J connectivity index is 0.00000432. The van der Waals surface area contributed by atoms with E-state index in [0.29, 0.717) is 12.8 Å². The molecule has 0 spiro atoms. The summed E-state index contributed by atoms with van der Waals surface area (Å²) in [5.41, 5.74) is 0.196. The van der Waals surface area contributed by atoms with Gasteiger partial charge in [0.1, 0.15) is 9.79 Å². The topological polar surface area (TPSA) is 179 Å². The van der Waals surface area contributed by atoms with Gasteiger partial charge in [-0.2, -0.15) is 16.8 Å². The third-order valence-corrected chi connectivity index (χ3v) is 8.73. The van der Waals surface area contributed by atoms with Crippen molar-refractivity contribution >= 4 is 71.1 Å². The van der Waals surface area contributed by atoms with Crippen molar-refractivity contribution in [2.45, 2.75) is 27.9 Å². The number of benzene rings is 2. The first-order chi connectivity index (χ1) is 15.7. The fraction of sp³-hybridized carbons (Fsp3) is 0.211. The van der Waals surface area contributed by atoms with Crippen LogP contribution in [0.4, 0.5) is 11.4 Å². The van der Waals surface area contributed by atoms with Crippen molar-refractivity contribution in [3.8, 4) is 0 Å². The second-order valence-corrected chi connectivity index (χ2v) is 12.5. The van der Waals surface area contributed by atoms with E-state index in [0.717, 1.165) is 12.1 Å². The molecule has 0 heterocycles. The predicted octanol–water partition coefficient (Wildman–Crippen LogP) is -0.825. The fourth-order valence-corrected chi connectivity index (χ4v) is 5.85. The summed E-state index contributed by atoms with van der Waals surface area (Å²) in [5.74, 6) is 0. The van der Waals surface area contributed by atoms with E-state index >= 15 is 0 Å². The Labute approximate surface area is 231 Å². The normalized spacial score (nSPS) is 14.3. The van der Waals surface area contributed by atoms with Crippen LogP contribution in [0, 0.1) is 0 Å². The smallest absolute Gasteiger partial charge is 0.366 e. The van der Waals surface area contributed by atoms with Crippen molar-refractivity contribution < 1.29 is 63.9 Å². The van der Waals surface area contributed by atoms with Crippen LogP contribution in [0.3, 0.4) is 0 Å². The van der Waals surface area contributed by atoms with E-state index in [9.17, 15) is 34.4 Å². The molecule has 0 radical (unpaired) electrons. The summed E-state index contributed by atoms with van der Waals surface area (Å²) in [6, 6.07) is 7.49. The third-order valence-electron chi connectivity index (χ3n) is 4.73. The van der Waals surface area contributed by atoms with Crippen LogP contribution in [0.25, 0.3) is 12.2 Å². The zero-order chi connectivity index (χ0) is 25.3. The van der Waals surface area contributed by atoms with Gasteiger partial charge in [0.2, 0.25) is 10.0 Å². The number of nitrogens with one attached hydrogen (secondary N) is 3. The van der Waals surface area contributed by atoms with Gasteiger partial charge in [0, 0.05) is 18.4 Å². The summed E-state index contributed by atoms with van der Waals surface area (Å²) in [5, 5.41) is 5.04. The third kappa shape index (κ3) is 7.96. The molecule has 0 bridgehead atoms. The molecule has 35 heavy (non-hydrogen) atoms. The molecule has 2 aromatic carbocycles. The average Bonchev–Trinajstić information content (AvgIpc) is 3.58. The minimum absolute atomic E-state index is 0. The van der Waals surface area contributed by atoms with E-state index in [4.69, 9.17) is 12.2 Å². The molecule has 11 nitrogen and oxygen atoms in total. The molecule has 0 saturated heterocycles. The zero-order valence-corrected chi connectivity index (χ0v) is 23.9. The first-order valence-electron chi connectivity index (χ1n) is 9.62. The van der Waals surface area contributed by atoms with Gasteiger partial charge in [-0.05, 0) is 60.5 Å². The summed E-state index contributed by atoms with van der Waals surface area (Å²) in [7, 11) is -11.5. The minimum atomic E-state index is -4.77. The number of thiocarbonyl (C=S) groups is 1. The second-order valence-electron chi connectivity index (χ2n) is 7.34. The maximum absolute atomic E-state index is 12.1. The summed E-state index contributed by atoms with van der Waals surface area (Å²) in [6.07, 6.45) is 3.44. The molecule has 3 rings (SSSR count). The van der Waals surface area contributed by atoms with Crippen LogP contribution >= 0.6 is 12.2 Å². The number of hydrogen-bond donors (Lipinski definition) is 5. The number of sulfonamides is 1. The molecule has 1 aliphatic rings. The molecule has 0 unspecified atom stereocenters. The van der Waals surface area contributed by atoms with Crippen LogP contribution in [0.1, 0.15) is 24.0 Å². The first kappa shape index (κ1) is 29.7. The van der Waals surface area contributed by atoms with Gasteiger partial charge in [0.15, 0.2) is 5.11 Å². The maximum atomic E-state index is 12.1. The predicted molar refractivity (Wildman–Crippen MR) is 132 cm³/mol. The van der Waals surface area contributed by atoms with Gasteiger partial charge < -0.3 is 10.6 Å². The van der Waals surface area contributed by atoms with E-state index < -0.39 is 45.3 Å². The SMILES string of the molecule is CNC(=S)Nc1ccc(/C=C/c2ccc(NS(=O)(=O)C3CC3)cc2S(=O)(=O)O)c(S(=O)(=O)O)c1.[Na+]. The maximum Gasteiger partial charge on any atom is 1.00 e. The van der Waals surface area contributed by atoms with Crippen molar-refractivity contribution in [1.82, 2.24) is 5.32 Å². The molecule has 0 atom stereocenters. The second kappa shape index (κ2) is 11.2. The standard InChI is InChI=1S/C19H21N3O8S4.Na/c1-20-19(31)21-14-6-4-12(17(10-14)33(25,26)27)2-3-13-5-7-15(11-18(13)34(28,29)30)22-32(23,24)16-8-9-16;/h2-7,10-11,16,22H,8-9H2,1H3,(H2,20,21,31)(H,25,26,27)(H,28,29,30);/q;+1/b3-2+;. The zero-order valence-electron chi connectivity index (χ0n) is 18.6. The Morgan fingerprint density at radius 2 is 1.34 bits per heavy atom. The van der Waals surface area contributed by atoms with Crippen LogP contribution in [-0.2, 0) is 30.3 Å². The molecule has 1 fully saturated rings. The van der Waals surface area contributed by atoms with E-state index in [1.807, 2.05) is 0 Å². The summed E-state index contributed by atoms with van der Waals surface area (Å²) < 4.78 is 93.4. The van der Waals surface area contributed by atoms with Gasteiger partial charge in [0.25, 0.3) is 20.2 Å². The Morgan fingerprint density at radius 1 is 0.886 bits per heavy atom. The van der Waals surface area contributed by atoms with E-state index in [-0.39, 0.29) is 57.2 Å². The molecule has 1 saturated carbocycles. The molecule has 0 aromatic heterocycles. The van der Waals surface area contributed by atoms with Crippen molar-refractivity contribution in [3.05, 3.63) is 47.5 Å². The quantitative estimate of drug-likeness (QED) is 0.116. The Morgan fingerprint density at radius 3 is 1.77 bits per heavy atom. The van der Waals surface area contributed by atoms with Crippen molar-refractivity contribution in [3.63, 3.8) is 0 Å². The number of anilines is 2. The van der Waals surface area contributed by atoms with Crippen molar-refractivity contribution in [1.29, 1.82) is 0 Å². The van der Waals surface area contributed by atoms with Gasteiger partial charge in [-0.3, -0.25) is 13.8 Å². The van der Waals surface area contributed by atoms with Gasteiger partial charge in [-0.25, -0.2) is 8.42 Å². The molecule has 5 N–H and O–H groups in total. The summed E-state index contributed by atoms with van der Waals surface area (Å²) >= 11 is 4.96. The summed E-state index contributed by atoms with van der Waals surface area (Å²) in [6.45, 7) is 0. The molecule has 0 aliphatic heterocycles. The summed E-state index contributed by atoms with van der Waals surface area (Å²) in [4.78, 5) is -1.07. The molecular formula is C19H21N3NaO8S4+. The van der Waals surface area contributed by atoms with Crippen LogP contribution < -0.4 is 44.9 Å². The van der Waals surface area contributed by atoms with E-state index in [1.54, 1.807) is 7.05 Å².